The van der Waals surface area contributed by atoms with Crippen LogP contribution < -0.4 is 15.4 Å². The topological polar surface area (TPSA) is 42.5 Å². The molecule has 1 saturated heterocycles. The molecule has 33 heavy (non-hydrogen) atoms. The molecule has 3 atom stereocenters. The van der Waals surface area contributed by atoms with Crippen LogP contribution in [0.5, 0.6) is 5.75 Å². The third-order valence-corrected chi connectivity index (χ3v) is 6.50. The van der Waals surface area contributed by atoms with E-state index in [1.807, 2.05) is 18.2 Å². The number of hydrogen-bond acceptors (Lipinski definition) is 4. The predicted molar refractivity (Wildman–Crippen MR) is 128 cm³/mol. The molecule has 0 spiro atoms. The first-order chi connectivity index (χ1) is 14.8. The van der Waals surface area contributed by atoms with Gasteiger partial charge in [-0.15, -0.1) is 24.8 Å². The van der Waals surface area contributed by atoms with E-state index in [0.717, 1.165) is 26.3 Å². The van der Waals surface area contributed by atoms with E-state index in [9.17, 15) is 13.2 Å². The number of benzene rings is 2. The van der Waals surface area contributed by atoms with Gasteiger partial charge in [0.2, 0.25) is 0 Å². The van der Waals surface area contributed by atoms with Gasteiger partial charge in [-0.3, -0.25) is 0 Å². The number of hydrogen-bond donors (Lipinski definition) is 2. The highest BCUT2D eigenvalue weighted by Gasteiger charge is 2.55. The van der Waals surface area contributed by atoms with Gasteiger partial charge in [0, 0.05) is 24.2 Å². The Labute approximate surface area is 205 Å². The summed E-state index contributed by atoms with van der Waals surface area (Å²) in [6, 6.07) is 13.9. The van der Waals surface area contributed by atoms with Crippen LogP contribution in [-0.4, -0.2) is 32.5 Å². The van der Waals surface area contributed by atoms with Crippen molar-refractivity contribution in [1.82, 2.24) is 10.6 Å². The van der Waals surface area contributed by atoms with Gasteiger partial charge in [-0.2, -0.15) is 13.2 Å². The third-order valence-electron chi connectivity index (χ3n) is 6.50. The fourth-order valence-electron chi connectivity index (χ4n) is 4.68. The van der Waals surface area contributed by atoms with Crippen molar-refractivity contribution >= 4 is 24.8 Å². The van der Waals surface area contributed by atoms with Crippen LogP contribution in [0.1, 0.15) is 48.1 Å². The largest absolute Gasteiger partial charge is 0.496 e. The van der Waals surface area contributed by atoms with Gasteiger partial charge in [0.05, 0.1) is 13.7 Å². The van der Waals surface area contributed by atoms with Crippen molar-refractivity contribution in [3.05, 3.63) is 64.7 Å². The molecule has 2 aliphatic heterocycles. The smallest absolute Gasteiger partial charge is 0.421 e. The van der Waals surface area contributed by atoms with Gasteiger partial charge in [0.1, 0.15) is 5.75 Å². The maximum atomic E-state index is 13.9. The monoisotopic (exact) mass is 506 g/mol. The second-order valence-corrected chi connectivity index (χ2v) is 8.42. The molecule has 2 aliphatic rings. The Morgan fingerprint density at radius 2 is 1.91 bits per heavy atom. The number of fused-ring (bicyclic) bond motifs is 1. The van der Waals surface area contributed by atoms with Gasteiger partial charge < -0.3 is 20.1 Å². The lowest BCUT2D eigenvalue weighted by Crippen LogP contribution is -2.46. The summed E-state index contributed by atoms with van der Waals surface area (Å²) in [5, 5.41) is 7.14. The first kappa shape index (κ1) is 27.7. The molecule has 4 rings (SSSR count). The molecule has 2 aromatic rings. The summed E-state index contributed by atoms with van der Waals surface area (Å²) in [7, 11) is 1.56. The van der Waals surface area contributed by atoms with Crippen LogP contribution in [0.2, 0.25) is 0 Å². The van der Waals surface area contributed by atoms with E-state index in [2.05, 4.69) is 22.8 Å². The number of methoxy groups -OCH3 is 1. The van der Waals surface area contributed by atoms with Crippen molar-refractivity contribution in [1.29, 1.82) is 0 Å². The van der Waals surface area contributed by atoms with Crippen molar-refractivity contribution in [2.75, 3.05) is 20.3 Å². The van der Waals surface area contributed by atoms with Gasteiger partial charge >= 0.3 is 6.18 Å². The summed E-state index contributed by atoms with van der Waals surface area (Å²) in [6.07, 6.45) is -2.02. The minimum Gasteiger partial charge on any atom is -0.496 e. The quantitative estimate of drug-likeness (QED) is 0.563. The van der Waals surface area contributed by atoms with Crippen LogP contribution >= 0.6 is 24.8 Å². The van der Waals surface area contributed by atoms with Crippen molar-refractivity contribution in [3.8, 4) is 5.75 Å². The zero-order chi connectivity index (χ0) is 22.1. The summed E-state index contributed by atoms with van der Waals surface area (Å²) in [5.41, 5.74) is 0.425. The molecule has 2 heterocycles. The highest BCUT2D eigenvalue weighted by Crippen LogP contribution is 2.47. The molecule has 2 N–H and O–H groups in total. The molecule has 4 nitrogen and oxygen atoms in total. The Morgan fingerprint density at radius 1 is 1.18 bits per heavy atom. The van der Waals surface area contributed by atoms with E-state index in [1.165, 1.54) is 5.56 Å². The molecule has 0 saturated carbocycles. The van der Waals surface area contributed by atoms with Crippen molar-refractivity contribution < 1.29 is 22.6 Å². The Hall–Kier alpha value is -1.51. The molecule has 184 valence electrons. The van der Waals surface area contributed by atoms with Crippen LogP contribution in [-0.2, 0) is 23.3 Å². The second-order valence-electron chi connectivity index (χ2n) is 8.42. The Balaban J connectivity index is 0.00000193. The number of nitrogens with one attached hydrogen (secondary N) is 2. The first-order valence-corrected chi connectivity index (χ1v) is 10.8. The molecular formula is C24H31Cl2F3N2O2. The Kier molecular flexibility index (Phi) is 9.48. The Morgan fingerprint density at radius 3 is 2.58 bits per heavy atom. The highest BCUT2D eigenvalue weighted by molar-refractivity contribution is 5.85. The molecule has 2 unspecified atom stereocenters. The lowest BCUT2D eigenvalue weighted by Gasteiger charge is -2.38. The molecule has 0 radical (unpaired) electrons. The van der Waals surface area contributed by atoms with E-state index in [0.29, 0.717) is 29.8 Å². The van der Waals surface area contributed by atoms with Crippen LogP contribution in [0.4, 0.5) is 13.2 Å². The lowest BCUT2D eigenvalue weighted by molar-refractivity contribution is -0.281. The van der Waals surface area contributed by atoms with E-state index in [1.54, 1.807) is 19.2 Å². The molecule has 9 heteroatoms. The number of ether oxygens (including phenoxy) is 2. The van der Waals surface area contributed by atoms with Gasteiger partial charge in [-0.05, 0) is 61.6 Å². The number of rotatable bonds is 5. The molecule has 1 fully saturated rings. The molecule has 0 amide bonds. The molecule has 0 aromatic heterocycles. The average Bonchev–Trinajstić information content (AvgIpc) is 2.77. The summed E-state index contributed by atoms with van der Waals surface area (Å²) in [5.74, 6) is 0.609. The fourth-order valence-corrected chi connectivity index (χ4v) is 4.68. The van der Waals surface area contributed by atoms with Crippen molar-refractivity contribution in [2.24, 2.45) is 0 Å². The first-order valence-electron chi connectivity index (χ1n) is 10.8. The van der Waals surface area contributed by atoms with Crippen molar-refractivity contribution in [3.63, 3.8) is 0 Å². The minimum absolute atomic E-state index is 0. The van der Waals surface area contributed by atoms with Gasteiger partial charge in [-0.25, -0.2) is 0 Å². The van der Waals surface area contributed by atoms with Gasteiger partial charge in [0.15, 0.2) is 5.60 Å². The maximum absolute atomic E-state index is 13.9. The zero-order valence-corrected chi connectivity index (χ0v) is 20.3. The van der Waals surface area contributed by atoms with E-state index < -0.39 is 11.8 Å². The SMILES string of the molecule is COc1cc2c(cc1CNC1CCCN[C@H]1c1ccccc1)C(C)(C(F)(F)F)OCC2.Cl.Cl. The second kappa shape index (κ2) is 11.3. The number of halogens is 5. The average molecular weight is 507 g/mol. The van der Waals surface area contributed by atoms with E-state index in [-0.39, 0.29) is 49.1 Å². The zero-order valence-electron chi connectivity index (χ0n) is 18.7. The molecular weight excluding hydrogens is 476 g/mol. The molecule has 0 bridgehead atoms. The summed E-state index contributed by atoms with van der Waals surface area (Å²) in [6.45, 7) is 2.52. The van der Waals surface area contributed by atoms with Crippen molar-refractivity contribution in [2.45, 2.75) is 56.6 Å². The minimum atomic E-state index is -4.49. The highest BCUT2D eigenvalue weighted by atomic mass is 35.5. The molecule has 0 aliphatic carbocycles. The van der Waals surface area contributed by atoms with E-state index in [4.69, 9.17) is 9.47 Å². The summed E-state index contributed by atoms with van der Waals surface area (Å²) in [4.78, 5) is 0. The van der Waals surface area contributed by atoms with Gasteiger partial charge in [0.25, 0.3) is 0 Å². The van der Waals surface area contributed by atoms with Gasteiger partial charge in [-0.1, -0.05) is 30.3 Å². The molecule has 2 aromatic carbocycles. The summed E-state index contributed by atoms with van der Waals surface area (Å²) < 4.78 is 52.4. The fraction of sp³-hybridized carbons (Fsp3) is 0.500. The maximum Gasteiger partial charge on any atom is 0.421 e. The predicted octanol–water partition coefficient (Wildman–Crippen LogP) is 5.47. The number of piperidine rings is 1. The Bertz CT molecular complexity index is 915. The van der Waals surface area contributed by atoms with Crippen LogP contribution in [0.15, 0.2) is 42.5 Å². The van der Waals surface area contributed by atoms with Crippen LogP contribution in [0.25, 0.3) is 0 Å². The standard InChI is InChI=1S/C24H29F3N2O2.2ClH/c1-23(24(25,26)27)19-13-18(21(30-2)14-17(19)10-12-31-23)15-29-20-9-6-11-28-22(20)16-7-4-3-5-8-16;;/h3-5,7-8,13-14,20,22,28-29H,6,9-12,15H2,1-2H3;2*1H/t20?,22-,23?;;/m0../s1. The lowest BCUT2D eigenvalue weighted by atomic mass is 9.85. The van der Waals surface area contributed by atoms with E-state index >= 15 is 0 Å². The van der Waals surface area contributed by atoms with Crippen LogP contribution in [0, 0.1) is 0 Å². The van der Waals surface area contributed by atoms with Crippen LogP contribution in [0.3, 0.4) is 0 Å². The summed E-state index contributed by atoms with van der Waals surface area (Å²) >= 11 is 0. The number of alkyl halides is 3. The normalized spacial score (nSPS) is 24.8. The third kappa shape index (κ3) is 5.60.